The minimum absolute atomic E-state index is 0.0821. The number of alkyl halides is 3. The highest BCUT2D eigenvalue weighted by Crippen LogP contribution is 2.33. The summed E-state index contributed by atoms with van der Waals surface area (Å²) in [5.41, 5.74) is -1.08. The van der Waals surface area contributed by atoms with Gasteiger partial charge in [0.05, 0.1) is 23.4 Å². The van der Waals surface area contributed by atoms with Crippen LogP contribution in [0, 0.1) is 0 Å². The summed E-state index contributed by atoms with van der Waals surface area (Å²) in [5.74, 6) is 0.132. The Labute approximate surface area is 146 Å². The molecule has 0 fully saturated rings. The third-order valence-electron chi connectivity index (χ3n) is 3.89. The van der Waals surface area contributed by atoms with Crippen LogP contribution in [-0.2, 0) is 6.18 Å². The molecule has 1 aromatic heterocycles. The van der Waals surface area contributed by atoms with Gasteiger partial charge in [-0.2, -0.15) is 18.2 Å². The van der Waals surface area contributed by atoms with Crippen LogP contribution in [0.2, 0.25) is 0 Å². The van der Waals surface area contributed by atoms with E-state index in [-0.39, 0.29) is 17.9 Å². The van der Waals surface area contributed by atoms with Crippen molar-refractivity contribution in [2.75, 3.05) is 11.9 Å². The number of halogens is 3. The average molecular weight is 363 g/mol. The lowest BCUT2D eigenvalue weighted by Gasteiger charge is -2.17. The van der Waals surface area contributed by atoms with Crippen LogP contribution in [0.3, 0.4) is 0 Å². The van der Waals surface area contributed by atoms with Crippen LogP contribution in [0.25, 0.3) is 16.6 Å². The fourth-order valence-corrected chi connectivity index (χ4v) is 2.62. The Kier molecular flexibility index (Phi) is 4.69. The van der Waals surface area contributed by atoms with Gasteiger partial charge in [-0.05, 0) is 37.3 Å². The summed E-state index contributed by atoms with van der Waals surface area (Å²) in [7, 11) is 0. The molecule has 8 heteroatoms. The third kappa shape index (κ3) is 3.41. The van der Waals surface area contributed by atoms with Gasteiger partial charge in [-0.25, -0.2) is 4.79 Å². The topological polar surface area (TPSA) is 67.2 Å². The van der Waals surface area contributed by atoms with E-state index in [1.54, 1.807) is 37.3 Å². The number of aromatic nitrogens is 2. The molecule has 0 saturated heterocycles. The zero-order chi connectivity index (χ0) is 18.9. The summed E-state index contributed by atoms with van der Waals surface area (Å²) < 4.78 is 40.6. The standard InChI is InChI=1S/C18H16F3N3O2/c1-11(10-25)22-16-14-8-7-12(18(19,20)21)9-15(14)24(17(26)23-16)13-5-3-2-4-6-13/h2-9,11,25H,10H2,1H3,(H,22,23,26). The largest absolute Gasteiger partial charge is 0.416 e. The molecular weight excluding hydrogens is 347 g/mol. The number of benzene rings is 2. The monoisotopic (exact) mass is 363 g/mol. The smallest absolute Gasteiger partial charge is 0.394 e. The summed E-state index contributed by atoms with van der Waals surface area (Å²) in [5, 5.41) is 12.4. The van der Waals surface area contributed by atoms with Gasteiger partial charge in [-0.3, -0.25) is 4.57 Å². The number of aliphatic hydroxyl groups excluding tert-OH is 1. The number of hydrogen-bond acceptors (Lipinski definition) is 4. The first-order chi connectivity index (χ1) is 12.3. The van der Waals surface area contributed by atoms with E-state index in [4.69, 9.17) is 0 Å². The zero-order valence-corrected chi connectivity index (χ0v) is 13.8. The molecule has 1 unspecified atom stereocenters. The summed E-state index contributed by atoms with van der Waals surface area (Å²) in [6, 6.07) is 11.1. The average Bonchev–Trinajstić information content (AvgIpc) is 2.61. The predicted molar refractivity (Wildman–Crippen MR) is 92.5 cm³/mol. The highest BCUT2D eigenvalue weighted by Gasteiger charge is 2.31. The molecule has 3 aromatic rings. The van der Waals surface area contributed by atoms with Gasteiger partial charge in [0, 0.05) is 11.4 Å². The first-order valence-electron chi connectivity index (χ1n) is 7.88. The molecule has 2 aromatic carbocycles. The molecule has 5 nitrogen and oxygen atoms in total. The van der Waals surface area contributed by atoms with Gasteiger partial charge in [0.1, 0.15) is 5.82 Å². The van der Waals surface area contributed by atoms with Crippen LogP contribution in [0.15, 0.2) is 53.3 Å². The Morgan fingerprint density at radius 1 is 1.19 bits per heavy atom. The second kappa shape index (κ2) is 6.80. The Morgan fingerprint density at radius 2 is 1.88 bits per heavy atom. The molecule has 0 aliphatic carbocycles. The lowest BCUT2D eigenvalue weighted by molar-refractivity contribution is -0.137. The fourth-order valence-electron chi connectivity index (χ4n) is 2.62. The number of nitrogens with one attached hydrogen (secondary N) is 1. The molecule has 0 bridgehead atoms. The minimum Gasteiger partial charge on any atom is -0.394 e. The van der Waals surface area contributed by atoms with Crippen molar-refractivity contribution >= 4 is 16.7 Å². The van der Waals surface area contributed by atoms with Crippen molar-refractivity contribution < 1.29 is 18.3 Å². The van der Waals surface area contributed by atoms with Crippen LogP contribution in [0.5, 0.6) is 0 Å². The van der Waals surface area contributed by atoms with Crippen LogP contribution in [0.4, 0.5) is 19.0 Å². The van der Waals surface area contributed by atoms with E-state index < -0.39 is 23.5 Å². The number of nitrogens with zero attached hydrogens (tertiary/aromatic N) is 2. The maximum atomic E-state index is 13.2. The van der Waals surface area contributed by atoms with Gasteiger partial charge in [0.15, 0.2) is 0 Å². The second-order valence-corrected chi connectivity index (χ2v) is 5.87. The number of hydrogen-bond donors (Lipinski definition) is 2. The highest BCUT2D eigenvalue weighted by atomic mass is 19.4. The Morgan fingerprint density at radius 3 is 2.50 bits per heavy atom. The van der Waals surface area contributed by atoms with Crippen molar-refractivity contribution in [3.63, 3.8) is 0 Å². The maximum Gasteiger partial charge on any atom is 0.416 e. The van der Waals surface area contributed by atoms with E-state index in [1.165, 1.54) is 6.07 Å². The molecule has 0 radical (unpaired) electrons. The van der Waals surface area contributed by atoms with E-state index in [0.29, 0.717) is 11.1 Å². The summed E-state index contributed by atoms with van der Waals surface area (Å²) in [4.78, 5) is 16.5. The van der Waals surface area contributed by atoms with Crippen LogP contribution in [0.1, 0.15) is 12.5 Å². The van der Waals surface area contributed by atoms with E-state index in [2.05, 4.69) is 10.3 Å². The predicted octanol–water partition coefficient (Wildman–Crippen LogP) is 3.20. The van der Waals surface area contributed by atoms with Crippen molar-refractivity contribution in [3.8, 4) is 5.69 Å². The van der Waals surface area contributed by atoms with E-state index in [9.17, 15) is 23.1 Å². The lowest BCUT2D eigenvalue weighted by atomic mass is 10.1. The minimum atomic E-state index is -4.54. The van der Waals surface area contributed by atoms with Gasteiger partial charge in [0.2, 0.25) is 0 Å². The van der Waals surface area contributed by atoms with Gasteiger partial charge in [-0.1, -0.05) is 18.2 Å². The van der Waals surface area contributed by atoms with Gasteiger partial charge in [0.25, 0.3) is 0 Å². The first-order valence-corrected chi connectivity index (χ1v) is 7.88. The van der Waals surface area contributed by atoms with Gasteiger partial charge < -0.3 is 10.4 Å². The van der Waals surface area contributed by atoms with Crippen LogP contribution >= 0.6 is 0 Å². The van der Waals surface area contributed by atoms with Crippen molar-refractivity contribution in [2.24, 2.45) is 0 Å². The molecule has 0 aliphatic rings. The van der Waals surface area contributed by atoms with E-state index >= 15 is 0 Å². The van der Waals surface area contributed by atoms with E-state index in [0.717, 1.165) is 16.7 Å². The lowest BCUT2D eigenvalue weighted by Crippen LogP contribution is -2.27. The summed E-state index contributed by atoms with van der Waals surface area (Å²) >= 11 is 0. The molecule has 0 spiro atoms. The molecule has 26 heavy (non-hydrogen) atoms. The van der Waals surface area contributed by atoms with Crippen LogP contribution in [-0.4, -0.2) is 27.3 Å². The van der Waals surface area contributed by atoms with Crippen molar-refractivity contribution in [1.29, 1.82) is 0 Å². The molecule has 0 amide bonds. The fraction of sp³-hybridized carbons (Fsp3) is 0.222. The normalized spacial score (nSPS) is 13.0. The maximum absolute atomic E-state index is 13.2. The Balaban J connectivity index is 2.34. The van der Waals surface area contributed by atoms with Crippen LogP contribution < -0.4 is 11.0 Å². The number of fused-ring (bicyclic) bond motifs is 1. The first kappa shape index (κ1) is 17.9. The van der Waals surface area contributed by atoms with Gasteiger partial charge in [-0.15, -0.1) is 0 Å². The number of rotatable bonds is 4. The number of aliphatic hydroxyl groups is 1. The molecule has 0 saturated carbocycles. The van der Waals surface area contributed by atoms with Crippen molar-refractivity contribution in [3.05, 3.63) is 64.6 Å². The zero-order valence-electron chi connectivity index (χ0n) is 13.8. The van der Waals surface area contributed by atoms with Crippen molar-refractivity contribution in [1.82, 2.24) is 9.55 Å². The quantitative estimate of drug-likeness (QED) is 0.747. The van der Waals surface area contributed by atoms with E-state index in [1.807, 2.05) is 0 Å². The third-order valence-corrected chi connectivity index (χ3v) is 3.89. The highest BCUT2D eigenvalue weighted by molar-refractivity contribution is 5.91. The Hall–Kier alpha value is -2.87. The number of anilines is 1. The van der Waals surface area contributed by atoms with Gasteiger partial charge >= 0.3 is 11.9 Å². The molecule has 2 N–H and O–H groups in total. The second-order valence-electron chi connectivity index (χ2n) is 5.87. The molecule has 136 valence electrons. The molecule has 1 heterocycles. The molecular formula is C18H16F3N3O2. The SMILES string of the molecule is CC(CO)Nc1nc(=O)n(-c2ccccc2)c2cc(C(F)(F)F)ccc12. The molecule has 3 rings (SSSR count). The van der Waals surface area contributed by atoms with Crippen molar-refractivity contribution in [2.45, 2.75) is 19.1 Å². The molecule has 0 aliphatic heterocycles. The number of para-hydroxylation sites is 1. The molecule has 1 atom stereocenters. The summed E-state index contributed by atoms with van der Waals surface area (Å²) in [6.45, 7) is 1.45. The summed E-state index contributed by atoms with van der Waals surface area (Å²) in [6.07, 6.45) is -4.54. The Bertz CT molecular complexity index is 985.